The number of halogens is 6. The summed E-state index contributed by atoms with van der Waals surface area (Å²) in [6, 6.07) is 1.56. The van der Waals surface area contributed by atoms with E-state index in [-0.39, 0.29) is 22.0 Å². The Balaban J connectivity index is 2.30. The van der Waals surface area contributed by atoms with E-state index in [4.69, 9.17) is 9.47 Å². The summed E-state index contributed by atoms with van der Waals surface area (Å²) < 4.78 is 93.1. The summed E-state index contributed by atoms with van der Waals surface area (Å²) in [5, 5.41) is -0.452. The van der Waals surface area contributed by atoms with Gasteiger partial charge in [-0.3, -0.25) is 4.90 Å². The van der Waals surface area contributed by atoms with E-state index < -0.39 is 47.4 Å². The van der Waals surface area contributed by atoms with Crippen LogP contribution in [0.4, 0.5) is 32.0 Å². The van der Waals surface area contributed by atoms with Gasteiger partial charge in [-0.2, -0.15) is 26.3 Å². The van der Waals surface area contributed by atoms with Crippen molar-refractivity contribution in [2.24, 2.45) is 0 Å². The fourth-order valence-electron chi connectivity index (χ4n) is 3.48. The second-order valence-corrected chi connectivity index (χ2v) is 7.15. The van der Waals surface area contributed by atoms with Crippen molar-refractivity contribution in [1.82, 2.24) is 4.98 Å². The zero-order valence-electron chi connectivity index (χ0n) is 16.1. The maximum Gasteiger partial charge on any atom is 0.485 e. The molecule has 1 aromatic heterocycles. The largest absolute Gasteiger partial charge is 0.486 e. The minimum Gasteiger partial charge on any atom is -0.486 e. The predicted molar refractivity (Wildman–Crippen MR) is 95.2 cm³/mol. The van der Waals surface area contributed by atoms with Gasteiger partial charge in [-0.15, -0.1) is 0 Å². The summed E-state index contributed by atoms with van der Waals surface area (Å²) in [4.78, 5) is 4.20. The highest BCUT2D eigenvalue weighted by Gasteiger charge is 2.47. The summed E-state index contributed by atoms with van der Waals surface area (Å²) in [6.45, 7) is 6.26. The number of anilines is 1. The van der Waals surface area contributed by atoms with Gasteiger partial charge in [0.05, 0.1) is 28.9 Å². The molecule has 0 spiro atoms. The van der Waals surface area contributed by atoms with Crippen LogP contribution in [0.15, 0.2) is 18.2 Å². The second kappa shape index (κ2) is 7.14. The molecule has 0 saturated heterocycles. The lowest BCUT2D eigenvalue weighted by atomic mass is 10.0. The molecule has 2 atom stereocenters. The number of ether oxygens (including phenoxy) is 2. The number of pyridine rings is 1. The summed E-state index contributed by atoms with van der Waals surface area (Å²) in [5.41, 5.74) is -1.74. The first-order chi connectivity index (χ1) is 13.3. The van der Waals surface area contributed by atoms with Crippen LogP contribution >= 0.6 is 0 Å². The van der Waals surface area contributed by atoms with Gasteiger partial charge in [-0.25, -0.2) is 4.98 Å². The van der Waals surface area contributed by atoms with Crippen molar-refractivity contribution in [3.63, 3.8) is 0 Å². The van der Waals surface area contributed by atoms with Crippen molar-refractivity contribution < 1.29 is 35.8 Å². The smallest absolute Gasteiger partial charge is 0.485 e. The van der Waals surface area contributed by atoms with Crippen LogP contribution in [0.2, 0.25) is 0 Å². The Bertz CT molecular complexity index is 910. The molecule has 160 valence electrons. The number of nitrogens with zero attached hydrogens (tertiary/aromatic N) is 2. The molecule has 1 aliphatic heterocycles. The average Bonchev–Trinajstić information content (AvgIpc) is 2.56. The molecule has 0 aliphatic carbocycles. The first-order valence-electron chi connectivity index (χ1n) is 9.08. The first kappa shape index (κ1) is 21.3. The predicted octanol–water partition coefficient (Wildman–Crippen LogP) is 5.93. The number of aromatic nitrogens is 1. The van der Waals surface area contributed by atoms with Crippen LogP contribution in [0.25, 0.3) is 10.9 Å². The summed E-state index contributed by atoms with van der Waals surface area (Å²) >= 11 is 0. The van der Waals surface area contributed by atoms with Crippen molar-refractivity contribution >= 4 is 16.6 Å². The Morgan fingerprint density at radius 3 is 2.31 bits per heavy atom. The fourth-order valence-corrected chi connectivity index (χ4v) is 3.48. The van der Waals surface area contributed by atoms with E-state index in [9.17, 15) is 26.3 Å². The number of rotatable bonds is 3. The Labute approximate surface area is 163 Å². The van der Waals surface area contributed by atoms with Crippen LogP contribution < -0.4 is 14.4 Å². The van der Waals surface area contributed by atoms with E-state index in [0.29, 0.717) is 12.5 Å². The zero-order chi connectivity index (χ0) is 21.7. The summed E-state index contributed by atoms with van der Waals surface area (Å²) in [6.07, 6.45) is -10.5. The van der Waals surface area contributed by atoms with Gasteiger partial charge in [0.15, 0.2) is 0 Å². The maximum atomic E-state index is 13.7. The molecule has 3 rings (SSSR count). The molecule has 0 bridgehead atoms. The number of alkyl halides is 6. The first-order valence-corrected chi connectivity index (χ1v) is 9.08. The van der Waals surface area contributed by atoms with Gasteiger partial charge in [0.2, 0.25) is 5.88 Å². The average molecular weight is 422 g/mol. The highest BCUT2D eigenvalue weighted by atomic mass is 19.4. The molecular formula is C19H20F6N2O2. The SMILES string of the molecule is CCC1Oc2cc3nc(OC(C)C)cc(C(F)(F)F)c3cc2N(C(F)(F)F)C1C. The van der Waals surface area contributed by atoms with Crippen LogP contribution in [0, 0.1) is 0 Å². The van der Waals surface area contributed by atoms with E-state index in [0.717, 1.165) is 12.1 Å². The van der Waals surface area contributed by atoms with E-state index in [1.54, 1.807) is 20.8 Å². The Morgan fingerprint density at radius 1 is 1.14 bits per heavy atom. The van der Waals surface area contributed by atoms with Crippen molar-refractivity contribution in [2.75, 3.05) is 4.90 Å². The monoisotopic (exact) mass is 422 g/mol. The quantitative estimate of drug-likeness (QED) is 0.454. The Hall–Kier alpha value is -2.39. The van der Waals surface area contributed by atoms with Gasteiger partial charge in [0.1, 0.15) is 11.9 Å². The molecule has 29 heavy (non-hydrogen) atoms. The Kier molecular flexibility index (Phi) is 5.25. The molecule has 0 radical (unpaired) electrons. The van der Waals surface area contributed by atoms with Crippen molar-refractivity contribution in [2.45, 2.75) is 64.8 Å². The van der Waals surface area contributed by atoms with Crippen LogP contribution in [-0.4, -0.2) is 29.5 Å². The van der Waals surface area contributed by atoms with Crippen LogP contribution in [-0.2, 0) is 6.18 Å². The highest BCUT2D eigenvalue weighted by Crippen LogP contribution is 2.47. The summed E-state index contributed by atoms with van der Waals surface area (Å²) in [5.74, 6) is -0.425. The van der Waals surface area contributed by atoms with Gasteiger partial charge in [0, 0.05) is 17.5 Å². The molecular weight excluding hydrogens is 402 g/mol. The zero-order valence-corrected chi connectivity index (χ0v) is 16.1. The van der Waals surface area contributed by atoms with Crippen molar-refractivity contribution in [3.8, 4) is 11.6 Å². The summed E-state index contributed by atoms with van der Waals surface area (Å²) in [7, 11) is 0. The lowest BCUT2D eigenvalue weighted by Crippen LogP contribution is -2.54. The van der Waals surface area contributed by atoms with Crippen LogP contribution in [0.5, 0.6) is 11.6 Å². The van der Waals surface area contributed by atoms with E-state index in [1.165, 1.54) is 6.92 Å². The molecule has 0 saturated carbocycles. The van der Waals surface area contributed by atoms with E-state index in [1.807, 2.05) is 0 Å². The lowest BCUT2D eigenvalue weighted by Gasteiger charge is -2.42. The molecule has 0 N–H and O–H groups in total. The molecule has 2 aromatic rings. The second-order valence-electron chi connectivity index (χ2n) is 7.15. The van der Waals surface area contributed by atoms with Gasteiger partial charge in [0.25, 0.3) is 0 Å². The molecule has 2 unspecified atom stereocenters. The van der Waals surface area contributed by atoms with Gasteiger partial charge in [-0.05, 0) is 33.3 Å². The molecule has 0 fully saturated rings. The third-order valence-corrected chi connectivity index (χ3v) is 4.69. The number of hydrogen-bond acceptors (Lipinski definition) is 4. The van der Waals surface area contributed by atoms with E-state index in [2.05, 4.69) is 4.98 Å². The number of fused-ring (bicyclic) bond motifs is 2. The van der Waals surface area contributed by atoms with Crippen molar-refractivity contribution in [1.29, 1.82) is 0 Å². The molecule has 4 nitrogen and oxygen atoms in total. The van der Waals surface area contributed by atoms with Gasteiger partial charge < -0.3 is 9.47 Å². The minimum atomic E-state index is -4.80. The third kappa shape index (κ3) is 4.02. The fraction of sp³-hybridized carbons (Fsp3) is 0.526. The number of hydrogen-bond donors (Lipinski definition) is 0. The Morgan fingerprint density at radius 2 is 1.79 bits per heavy atom. The number of benzene rings is 1. The molecule has 1 aromatic carbocycles. The highest BCUT2D eigenvalue weighted by molar-refractivity contribution is 5.90. The molecule has 10 heteroatoms. The van der Waals surface area contributed by atoms with Crippen molar-refractivity contribution in [3.05, 3.63) is 23.8 Å². The van der Waals surface area contributed by atoms with Gasteiger partial charge in [-0.1, -0.05) is 6.92 Å². The normalized spacial score (nSPS) is 20.0. The third-order valence-electron chi connectivity index (χ3n) is 4.69. The molecule has 2 heterocycles. The van der Waals surface area contributed by atoms with Gasteiger partial charge >= 0.3 is 12.5 Å². The topological polar surface area (TPSA) is 34.6 Å². The van der Waals surface area contributed by atoms with E-state index >= 15 is 0 Å². The minimum absolute atomic E-state index is 0.151. The lowest BCUT2D eigenvalue weighted by molar-refractivity contribution is -0.141. The molecule has 1 aliphatic rings. The van der Waals surface area contributed by atoms with Crippen LogP contribution in [0.1, 0.15) is 39.7 Å². The molecule has 0 amide bonds. The standard InChI is InChI=1S/C19H20F6N2O2/c1-5-15-10(4)27(19(23,24)25)14-6-11-12(18(20,21)22)7-17(28-9(2)3)26-13(11)8-16(14)29-15/h6-10,15H,5H2,1-4H3. The maximum absolute atomic E-state index is 13.7. The van der Waals surface area contributed by atoms with Crippen LogP contribution in [0.3, 0.4) is 0 Å².